The highest BCUT2D eigenvalue weighted by Crippen LogP contribution is 2.25. The second-order valence-electron chi connectivity index (χ2n) is 6.60. The van der Waals surface area contributed by atoms with E-state index in [2.05, 4.69) is 15.6 Å². The van der Waals surface area contributed by atoms with Gasteiger partial charge < -0.3 is 10.1 Å². The molecule has 148 valence electrons. The molecule has 0 fully saturated rings. The fraction of sp³-hybridized carbons (Fsp3) is 0.263. The SMILES string of the molecule is Cc1cccc(O[C@H](C)C(=O)NNS(=O)(=O)c2ccc3c(c2)CC(=O)N3)c1C. The zero-order chi connectivity index (χ0) is 20.5. The van der Waals surface area contributed by atoms with Crippen LogP contribution in [0.15, 0.2) is 41.3 Å². The lowest BCUT2D eigenvalue weighted by atomic mass is 10.1. The second-order valence-corrected chi connectivity index (χ2v) is 8.28. The third kappa shape index (κ3) is 4.15. The summed E-state index contributed by atoms with van der Waals surface area (Å²) in [7, 11) is -3.99. The van der Waals surface area contributed by atoms with Crippen molar-refractivity contribution < 1.29 is 22.7 Å². The number of nitrogens with one attached hydrogen (secondary N) is 3. The highest BCUT2D eigenvalue weighted by molar-refractivity contribution is 7.89. The summed E-state index contributed by atoms with van der Waals surface area (Å²) < 4.78 is 30.5. The van der Waals surface area contributed by atoms with E-state index in [1.54, 1.807) is 6.07 Å². The highest BCUT2D eigenvalue weighted by atomic mass is 32.2. The lowest BCUT2D eigenvalue weighted by Crippen LogP contribution is -2.47. The molecule has 1 heterocycles. The summed E-state index contributed by atoms with van der Waals surface area (Å²) in [6.07, 6.45) is -0.795. The Hall–Kier alpha value is -2.91. The number of ether oxygens (including phenoxy) is 1. The monoisotopic (exact) mass is 403 g/mol. The Labute approximate surface area is 163 Å². The molecule has 1 aliphatic heterocycles. The van der Waals surface area contributed by atoms with Crippen LogP contribution in [0.1, 0.15) is 23.6 Å². The zero-order valence-corrected chi connectivity index (χ0v) is 16.5. The molecule has 2 aromatic carbocycles. The van der Waals surface area contributed by atoms with Crippen LogP contribution < -0.4 is 20.3 Å². The molecule has 0 aromatic heterocycles. The number of anilines is 1. The van der Waals surface area contributed by atoms with Gasteiger partial charge in [-0.1, -0.05) is 12.1 Å². The van der Waals surface area contributed by atoms with Crippen LogP contribution in [-0.4, -0.2) is 26.3 Å². The normalized spacial score (nSPS) is 14.2. The van der Waals surface area contributed by atoms with Gasteiger partial charge in [0.05, 0.1) is 11.3 Å². The van der Waals surface area contributed by atoms with Gasteiger partial charge in [0, 0.05) is 5.69 Å². The molecule has 0 saturated carbocycles. The van der Waals surface area contributed by atoms with Gasteiger partial charge in [-0.3, -0.25) is 15.0 Å². The number of carbonyl (C=O) groups excluding carboxylic acids is 2. The molecule has 9 heteroatoms. The minimum atomic E-state index is -3.99. The number of hydrazine groups is 1. The Morgan fingerprint density at radius 3 is 2.71 bits per heavy atom. The van der Waals surface area contributed by atoms with E-state index in [1.165, 1.54) is 25.1 Å². The van der Waals surface area contributed by atoms with Gasteiger partial charge in [0.25, 0.3) is 15.9 Å². The quantitative estimate of drug-likeness (QED) is 0.634. The van der Waals surface area contributed by atoms with Gasteiger partial charge in [0.15, 0.2) is 6.10 Å². The number of benzene rings is 2. The molecular formula is C19H21N3O5S. The van der Waals surface area contributed by atoms with Crippen molar-refractivity contribution in [3.8, 4) is 5.75 Å². The molecule has 1 aliphatic rings. The predicted molar refractivity (Wildman–Crippen MR) is 103 cm³/mol. The maximum absolute atomic E-state index is 12.4. The third-order valence-electron chi connectivity index (χ3n) is 4.55. The van der Waals surface area contributed by atoms with Gasteiger partial charge in [-0.2, -0.15) is 0 Å². The molecule has 0 unspecified atom stereocenters. The molecule has 1 atom stereocenters. The third-order valence-corrected chi connectivity index (χ3v) is 5.79. The van der Waals surface area contributed by atoms with Gasteiger partial charge in [-0.25, -0.2) is 8.42 Å². The lowest BCUT2D eigenvalue weighted by molar-refractivity contribution is -0.127. The van der Waals surface area contributed by atoms with Crippen LogP contribution in [-0.2, 0) is 26.0 Å². The van der Waals surface area contributed by atoms with Crippen LogP contribution >= 0.6 is 0 Å². The standard InChI is InChI=1S/C19H21N3O5S/c1-11-5-4-6-17(12(11)2)27-13(3)19(24)21-22-28(25,26)15-7-8-16-14(9-15)10-18(23)20-16/h4-9,13,22H,10H2,1-3H3,(H,20,23)(H,21,24)/t13-/m1/s1. The maximum Gasteiger partial charge on any atom is 0.275 e. The van der Waals surface area contributed by atoms with E-state index in [9.17, 15) is 18.0 Å². The van der Waals surface area contributed by atoms with Crippen LogP contribution in [0.4, 0.5) is 5.69 Å². The number of aryl methyl sites for hydroxylation is 1. The van der Waals surface area contributed by atoms with Gasteiger partial charge in [0.2, 0.25) is 5.91 Å². The number of amides is 2. The van der Waals surface area contributed by atoms with Crippen molar-refractivity contribution in [3.63, 3.8) is 0 Å². The first kappa shape index (κ1) is 19.8. The van der Waals surface area contributed by atoms with Crippen molar-refractivity contribution in [1.29, 1.82) is 0 Å². The van der Waals surface area contributed by atoms with Crippen LogP contribution in [0.5, 0.6) is 5.75 Å². The van der Waals surface area contributed by atoms with Crippen molar-refractivity contribution in [2.45, 2.75) is 38.2 Å². The number of sulfonamides is 1. The Balaban J connectivity index is 1.64. The first-order valence-corrected chi connectivity index (χ1v) is 10.1. The number of hydrogen-bond acceptors (Lipinski definition) is 5. The van der Waals surface area contributed by atoms with E-state index < -0.39 is 22.0 Å². The number of rotatable bonds is 6. The number of carbonyl (C=O) groups is 2. The summed E-state index contributed by atoms with van der Waals surface area (Å²) in [6.45, 7) is 5.34. The molecule has 0 bridgehead atoms. The molecule has 0 aliphatic carbocycles. The summed E-state index contributed by atoms with van der Waals surface area (Å²) in [5.74, 6) is -0.271. The van der Waals surface area contributed by atoms with Crippen LogP contribution in [0.2, 0.25) is 0 Å². The highest BCUT2D eigenvalue weighted by Gasteiger charge is 2.23. The predicted octanol–water partition coefficient (Wildman–Crippen LogP) is 1.58. The van der Waals surface area contributed by atoms with Crippen LogP contribution in [0.3, 0.4) is 0 Å². The van der Waals surface area contributed by atoms with Gasteiger partial charge >= 0.3 is 0 Å². The minimum Gasteiger partial charge on any atom is -0.481 e. The Morgan fingerprint density at radius 1 is 1.21 bits per heavy atom. The molecule has 8 nitrogen and oxygen atoms in total. The fourth-order valence-corrected chi connectivity index (χ4v) is 3.64. The molecular weight excluding hydrogens is 382 g/mol. The van der Waals surface area contributed by atoms with E-state index in [0.29, 0.717) is 17.0 Å². The summed E-state index contributed by atoms with van der Waals surface area (Å²) in [4.78, 5) is 25.6. The molecule has 3 N–H and O–H groups in total. The molecule has 0 saturated heterocycles. The van der Waals surface area contributed by atoms with E-state index in [0.717, 1.165) is 11.1 Å². The average molecular weight is 403 g/mol. The Kier molecular flexibility index (Phi) is 5.39. The Bertz CT molecular complexity index is 1050. The molecule has 3 rings (SSSR count). The number of hydrogen-bond donors (Lipinski definition) is 3. The second kappa shape index (κ2) is 7.61. The zero-order valence-electron chi connectivity index (χ0n) is 15.7. The summed E-state index contributed by atoms with van der Waals surface area (Å²) >= 11 is 0. The first-order chi connectivity index (χ1) is 13.2. The van der Waals surface area contributed by atoms with Gasteiger partial charge in [0.1, 0.15) is 5.75 Å². The molecule has 28 heavy (non-hydrogen) atoms. The molecule has 2 amide bonds. The van der Waals surface area contributed by atoms with Crippen molar-refractivity contribution in [3.05, 3.63) is 53.1 Å². The van der Waals surface area contributed by atoms with Gasteiger partial charge in [-0.15, -0.1) is 4.83 Å². The summed E-state index contributed by atoms with van der Waals surface area (Å²) in [5.41, 5.74) is 5.27. The van der Waals surface area contributed by atoms with Crippen molar-refractivity contribution in [2.75, 3.05) is 5.32 Å². The smallest absolute Gasteiger partial charge is 0.275 e. The lowest BCUT2D eigenvalue weighted by Gasteiger charge is -2.17. The van der Waals surface area contributed by atoms with Crippen LogP contribution in [0.25, 0.3) is 0 Å². The average Bonchev–Trinajstić information content (AvgIpc) is 3.02. The van der Waals surface area contributed by atoms with E-state index in [4.69, 9.17) is 4.74 Å². The fourth-order valence-electron chi connectivity index (χ4n) is 2.75. The van der Waals surface area contributed by atoms with Crippen molar-refractivity contribution >= 4 is 27.5 Å². The van der Waals surface area contributed by atoms with E-state index in [1.807, 2.05) is 26.0 Å². The van der Waals surface area contributed by atoms with Crippen molar-refractivity contribution in [2.24, 2.45) is 0 Å². The topological polar surface area (TPSA) is 114 Å². The maximum atomic E-state index is 12.4. The molecule has 2 aromatic rings. The molecule has 0 spiro atoms. The van der Waals surface area contributed by atoms with Crippen molar-refractivity contribution in [1.82, 2.24) is 10.3 Å². The van der Waals surface area contributed by atoms with Crippen LogP contribution in [0, 0.1) is 13.8 Å². The first-order valence-electron chi connectivity index (χ1n) is 8.64. The number of fused-ring (bicyclic) bond motifs is 1. The summed E-state index contributed by atoms with van der Waals surface area (Å²) in [5, 5.41) is 2.63. The minimum absolute atomic E-state index is 0.0499. The van der Waals surface area contributed by atoms with E-state index >= 15 is 0 Å². The molecule has 0 radical (unpaired) electrons. The van der Waals surface area contributed by atoms with Gasteiger partial charge in [-0.05, 0) is 61.7 Å². The largest absolute Gasteiger partial charge is 0.481 e. The summed E-state index contributed by atoms with van der Waals surface area (Å²) in [6, 6.07) is 9.77. The van der Waals surface area contributed by atoms with E-state index in [-0.39, 0.29) is 17.2 Å². The Morgan fingerprint density at radius 2 is 1.96 bits per heavy atom.